The highest BCUT2D eigenvalue weighted by Crippen LogP contribution is 2.28. The number of aryl methyl sites for hydroxylation is 2. The van der Waals surface area contributed by atoms with Crippen LogP contribution in [0.25, 0.3) is 12.2 Å². The molecule has 0 heterocycles. The van der Waals surface area contributed by atoms with Crippen molar-refractivity contribution in [2.24, 2.45) is 0 Å². The van der Waals surface area contributed by atoms with Gasteiger partial charge in [-0.05, 0) is 60.1 Å². The van der Waals surface area contributed by atoms with Gasteiger partial charge >= 0.3 is 0 Å². The second kappa shape index (κ2) is 7.72. The predicted molar refractivity (Wildman–Crippen MR) is 121 cm³/mol. The monoisotopic (exact) mass is 390 g/mol. The Kier molecular flexibility index (Phi) is 4.76. The van der Waals surface area contributed by atoms with Crippen LogP contribution in [0.5, 0.6) is 0 Å². The number of carbonyl (C=O) groups is 2. The maximum Gasteiger partial charge on any atom is 0.189 e. The van der Waals surface area contributed by atoms with E-state index < -0.39 is 0 Å². The molecule has 3 aromatic carbocycles. The Morgan fingerprint density at radius 2 is 0.900 bits per heavy atom. The highest BCUT2D eigenvalue weighted by Gasteiger charge is 2.22. The number of rotatable bonds is 2. The largest absolute Gasteiger partial charge is 0.289 e. The second-order valence-corrected chi connectivity index (χ2v) is 7.98. The molecule has 0 amide bonds. The minimum Gasteiger partial charge on any atom is -0.289 e. The third kappa shape index (κ3) is 3.46. The summed E-state index contributed by atoms with van der Waals surface area (Å²) in [6.45, 7) is 0. The molecule has 3 aromatic rings. The summed E-state index contributed by atoms with van der Waals surface area (Å²) in [5.74, 6) is 0.268. The average Bonchev–Trinajstić information content (AvgIpc) is 2.79. The fraction of sp³-hybridized carbons (Fsp3) is 0.143. The molecule has 2 heteroatoms. The molecule has 2 aliphatic carbocycles. The summed E-state index contributed by atoms with van der Waals surface area (Å²) < 4.78 is 0. The van der Waals surface area contributed by atoms with Gasteiger partial charge in [-0.3, -0.25) is 9.59 Å². The molecule has 0 bridgehead atoms. The molecule has 0 saturated carbocycles. The lowest BCUT2D eigenvalue weighted by Gasteiger charge is -2.17. The van der Waals surface area contributed by atoms with Gasteiger partial charge in [-0.25, -0.2) is 0 Å². The number of hydrogen-bond acceptors (Lipinski definition) is 2. The van der Waals surface area contributed by atoms with Crippen molar-refractivity contribution in [2.45, 2.75) is 25.7 Å². The molecule has 0 atom stereocenters. The van der Waals surface area contributed by atoms with E-state index >= 15 is 0 Å². The molecular formula is C28H22O2. The molecule has 0 unspecified atom stereocenters. The number of fused-ring (bicyclic) bond motifs is 2. The van der Waals surface area contributed by atoms with Crippen molar-refractivity contribution in [1.82, 2.24) is 0 Å². The quantitative estimate of drug-likeness (QED) is 0.495. The lowest BCUT2D eigenvalue weighted by molar-refractivity contribution is 0.101. The highest BCUT2D eigenvalue weighted by molar-refractivity contribution is 6.14. The van der Waals surface area contributed by atoms with Crippen molar-refractivity contribution in [3.63, 3.8) is 0 Å². The van der Waals surface area contributed by atoms with E-state index in [0.29, 0.717) is 0 Å². The van der Waals surface area contributed by atoms with Crippen LogP contribution < -0.4 is 0 Å². The van der Waals surface area contributed by atoms with Crippen LogP contribution in [0.2, 0.25) is 0 Å². The highest BCUT2D eigenvalue weighted by atomic mass is 16.1. The van der Waals surface area contributed by atoms with Crippen LogP contribution in [0.4, 0.5) is 0 Å². The SMILES string of the molecule is O=C1/C(=C\c2ccc(/C=C3\CCc4ccccc4C3=O)cc2)CCc2ccccc21. The van der Waals surface area contributed by atoms with Gasteiger partial charge in [0.25, 0.3) is 0 Å². The molecule has 2 aliphatic rings. The fourth-order valence-electron chi connectivity index (χ4n) is 4.40. The predicted octanol–water partition coefficient (Wildman–Crippen LogP) is 6.11. The van der Waals surface area contributed by atoms with Crippen LogP contribution in [0.1, 0.15) is 55.8 Å². The Labute approximate surface area is 176 Å². The Bertz CT molecular complexity index is 1110. The van der Waals surface area contributed by atoms with Crippen molar-refractivity contribution >= 4 is 23.7 Å². The van der Waals surface area contributed by atoms with E-state index in [0.717, 1.165) is 70.2 Å². The van der Waals surface area contributed by atoms with Gasteiger partial charge in [0.05, 0.1) is 0 Å². The third-order valence-electron chi connectivity index (χ3n) is 6.05. The van der Waals surface area contributed by atoms with Crippen molar-refractivity contribution in [1.29, 1.82) is 0 Å². The van der Waals surface area contributed by atoms with Gasteiger partial charge in [-0.15, -0.1) is 0 Å². The first-order valence-corrected chi connectivity index (χ1v) is 10.5. The number of carbonyl (C=O) groups excluding carboxylic acids is 2. The summed E-state index contributed by atoms with van der Waals surface area (Å²) >= 11 is 0. The molecular weight excluding hydrogens is 368 g/mol. The summed E-state index contributed by atoms with van der Waals surface area (Å²) in [6.07, 6.45) is 7.35. The Balaban J connectivity index is 1.37. The third-order valence-corrected chi connectivity index (χ3v) is 6.05. The van der Waals surface area contributed by atoms with Crippen molar-refractivity contribution in [2.75, 3.05) is 0 Å². The Morgan fingerprint density at radius 3 is 1.33 bits per heavy atom. The lowest BCUT2D eigenvalue weighted by Crippen LogP contribution is -2.13. The summed E-state index contributed by atoms with van der Waals surface area (Å²) in [7, 11) is 0. The summed E-state index contributed by atoms with van der Waals surface area (Å²) in [4.78, 5) is 25.5. The van der Waals surface area contributed by atoms with E-state index in [1.54, 1.807) is 0 Å². The van der Waals surface area contributed by atoms with Crippen LogP contribution in [0.15, 0.2) is 83.9 Å². The number of Topliss-reactive ketones (excluding diaryl/α,β-unsaturated/α-hetero) is 2. The number of benzene rings is 3. The van der Waals surface area contributed by atoms with Crippen molar-refractivity contribution in [3.05, 3.63) is 117 Å². The number of ketones is 2. The van der Waals surface area contributed by atoms with Crippen LogP contribution in [0.3, 0.4) is 0 Å². The molecule has 0 aromatic heterocycles. The normalized spacial score (nSPS) is 18.4. The molecule has 5 rings (SSSR count). The molecule has 30 heavy (non-hydrogen) atoms. The zero-order valence-corrected chi connectivity index (χ0v) is 16.7. The molecule has 146 valence electrons. The van der Waals surface area contributed by atoms with Gasteiger partial charge in [-0.1, -0.05) is 72.8 Å². The topological polar surface area (TPSA) is 34.1 Å². The maximum absolute atomic E-state index is 12.8. The molecule has 0 aliphatic heterocycles. The summed E-state index contributed by atoms with van der Waals surface area (Å²) in [5, 5.41) is 0. The standard InChI is InChI=1S/C28H22O2/c29-27-23(15-13-21-5-1-3-7-25(21)27)17-19-9-11-20(12-10-19)18-24-16-14-22-6-2-4-8-26(22)28(24)30/h1-12,17-18H,13-16H2/b23-17-,24-18+. The van der Waals surface area contributed by atoms with Gasteiger partial charge in [0.15, 0.2) is 11.6 Å². The first-order chi connectivity index (χ1) is 14.7. The summed E-state index contributed by atoms with van der Waals surface area (Å²) in [6, 6.07) is 23.8. The smallest absolute Gasteiger partial charge is 0.189 e. The van der Waals surface area contributed by atoms with E-state index in [1.807, 2.05) is 84.9 Å². The van der Waals surface area contributed by atoms with Crippen molar-refractivity contribution < 1.29 is 9.59 Å². The van der Waals surface area contributed by atoms with Gasteiger partial charge < -0.3 is 0 Å². The maximum atomic E-state index is 12.8. The Hall–Kier alpha value is -3.52. The molecule has 0 N–H and O–H groups in total. The molecule has 2 nitrogen and oxygen atoms in total. The van der Waals surface area contributed by atoms with Gasteiger partial charge in [0.2, 0.25) is 0 Å². The van der Waals surface area contributed by atoms with Gasteiger partial charge in [0.1, 0.15) is 0 Å². The van der Waals surface area contributed by atoms with Gasteiger partial charge in [0, 0.05) is 22.3 Å². The van der Waals surface area contributed by atoms with E-state index in [9.17, 15) is 9.59 Å². The minimum absolute atomic E-state index is 0.134. The van der Waals surface area contributed by atoms with E-state index in [1.165, 1.54) is 0 Å². The second-order valence-electron chi connectivity index (χ2n) is 7.98. The van der Waals surface area contributed by atoms with Gasteiger partial charge in [-0.2, -0.15) is 0 Å². The van der Waals surface area contributed by atoms with Crippen LogP contribution >= 0.6 is 0 Å². The van der Waals surface area contributed by atoms with Crippen LogP contribution in [-0.4, -0.2) is 11.6 Å². The molecule has 0 spiro atoms. The first kappa shape index (κ1) is 18.5. The zero-order chi connectivity index (χ0) is 20.5. The summed E-state index contributed by atoms with van der Waals surface area (Å²) in [5.41, 5.74) is 7.68. The van der Waals surface area contributed by atoms with Crippen LogP contribution in [0, 0.1) is 0 Å². The number of hydrogen-bond donors (Lipinski definition) is 0. The molecule has 0 saturated heterocycles. The molecule has 0 fully saturated rings. The van der Waals surface area contributed by atoms with E-state index in [-0.39, 0.29) is 11.6 Å². The van der Waals surface area contributed by atoms with Crippen LogP contribution in [-0.2, 0) is 12.8 Å². The van der Waals surface area contributed by atoms with E-state index in [4.69, 9.17) is 0 Å². The number of allylic oxidation sites excluding steroid dienone is 2. The first-order valence-electron chi connectivity index (χ1n) is 10.5. The minimum atomic E-state index is 0.134. The fourth-order valence-corrected chi connectivity index (χ4v) is 4.40. The Morgan fingerprint density at radius 1 is 0.500 bits per heavy atom. The van der Waals surface area contributed by atoms with Crippen molar-refractivity contribution in [3.8, 4) is 0 Å². The lowest BCUT2D eigenvalue weighted by atomic mass is 9.85. The zero-order valence-electron chi connectivity index (χ0n) is 16.7. The van der Waals surface area contributed by atoms with E-state index in [2.05, 4.69) is 0 Å². The average molecular weight is 390 g/mol. The molecule has 0 radical (unpaired) electrons.